The summed E-state index contributed by atoms with van der Waals surface area (Å²) in [5.74, 6) is -1.35. The lowest BCUT2D eigenvalue weighted by atomic mass is 10.0. The minimum absolute atomic E-state index is 0.0258. The molecule has 0 aliphatic carbocycles. The molecule has 0 aliphatic rings. The molecule has 0 fully saturated rings. The van der Waals surface area contributed by atoms with Crippen molar-refractivity contribution in [3.05, 3.63) is 77.7 Å². The summed E-state index contributed by atoms with van der Waals surface area (Å²) in [7, 11) is -3.87. The van der Waals surface area contributed by atoms with Crippen LogP contribution in [0.25, 0.3) is 0 Å². The molecule has 200 valence electrons. The van der Waals surface area contributed by atoms with Gasteiger partial charge in [-0.05, 0) is 50.8 Å². The number of carbonyl (C=O) groups is 3. The highest BCUT2D eigenvalue weighted by atomic mass is 32.2. The van der Waals surface area contributed by atoms with Crippen molar-refractivity contribution < 1.29 is 27.5 Å². The number of benzene rings is 2. The summed E-state index contributed by atoms with van der Waals surface area (Å²) in [5.41, 5.74) is 2.49. The van der Waals surface area contributed by atoms with E-state index in [1.54, 1.807) is 63.2 Å². The summed E-state index contributed by atoms with van der Waals surface area (Å²) < 4.78 is 30.5. The van der Waals surface area contributed by atoms with Crippen molar-refractivity contribution in [1.29, 1.82) is 0 Å². The summed E-state index contributed by atoms with van der Waals surface area (Å²) in [6.07, 6.45) is 0.420. The van der Waals surface area contributed by atoms with E-state index < -0.39 is 39.4 Å². The normalized spacial score (nSPS) is 12.7. The number of alkyl carbamates (subject to hydrolysis) is 1. The van der Waals surface area contributed by atoms with Gasteiger partial charge in [-0.1, -0.05) is 62.4 Å². The fourth-order valence-corrected chi connectivity index (χ4v) is 4.22. The molecule has 2 aromatic rings. The summed E-state index contributed by atoms with van der Waals surface area (Å²) in [4.78, 5) is 38.6. The van der Waals surface area contributed by atoms with Crippen molar-refractivity contribution in [2.45, 2.75) is 64.1 Å². The number of ether oxygens (including phenoxy) is 1. The minimum atomic E-state index is -3.87. The quantitative estimate of drug-likeness (QED) is 0.374. The molecule has 0 spiro atoms. The number of rotatable bonds is 9. The van der Waals surface area contributed by atoms with Crippen LogP contribution in [0.3, 0.4) is 0 Å². The summed E-state index contributed by atoms with van der Waals surface area (Å²) in [5, 5.41) is 4.38. The lowest BCUT2D eigenvalue weighted by Crippen LogP contribution is -2.54. The Labute approximate surface area is 218 Å². The van der Waals surface area contributed by atoms with Crippen LogP contribution in [-0.4, -0.2) is 43.0 Å². The molecular formula is C27H35N3O6S. The smallest absolute Gasteiger partial charge is 0.408 e. The Balaban J connectivity index is 2.27. The van der Waals surface area contributed by atoms with E-state index in [0.29, 0.717) is 5.56 Å². The van der Waals surface area contributed by atoms with Crippen LogP contribution < -0.4 is 10.7 Å². The Morgan fingerprint density at radius 3 is 2.08 bits per heavy atom. The maximum absolute atomic E-state index is 13.2. The van der Waals surface area contributed by atoms with Crippen LogP contribution in [0, 0.1) is 5.92 Å². The first kappa shape index (κ1) is 29.6. The highest BCUT2D eigenvalue weighted by Gasteiger charge is 2.27. The second-order valence-electron chi connectivity index (χ2n) is 9.88. The zero-order valence-electron chi connectivity index (χ0n) is 21.8. The highest BCUT2D eigenvalue weighted by Crippen LogP contribution is 2.13. The van der Waals surface area contributed by atoms with Gasteiger partial charge in [0, 0.05) is 11.5 Å². The van der Waals surface area contributed by atoms with Gasteiger partial charge >= 0.3 is 6.09 Å². The van der Waals surface area contributed by atoms with Gasteiger partial charge in [0.1, 0.15) is 11.6 Å². The van der Waals surface area contributed by atoms with E-state index in [2.05, 4.69) is 10.7 Å². The third-order valence-electron chi connectivity index (χ3n) is 4.87. The van der Waals surface area contributed by atoms with Gasteiger partial charge in [0.2, 0.25) is 0 Å². The molecule has 0 saturated heterocycles. The van der Waals surface area contributed by atoms with Crippen molar-refractivity contribution in [2.75, 3.05) is 0 Å². The van der Waals surface area contributed by atoms with Crippen LogP contribution in [0.1, 0.15) is 46.6 Å². The van der Waals surface area contributed by atoms with E-state index in [0.717, 1.165) is 16.5 Å². The third kappa shape index (κ3) is 10.5. The number of hydrazine groups is 1. The standard InChI is InChI=1S/C27H35N3O6S/c1-20(2)18-23(28-26(33)36-27(3,4)5)25(32)29-30(19-21-12-8-6-9-13-21)24(31)16-17-37(34,35)22-14-10-7-11-15-22/h6-17,20,23H,18-19H2,1-5H3,(H,28,33)(H,29,32)/b17-16+/t23-/m0/s1. The fraction of sp³-hybridized carbons (Fsp3) is 0.370. The van der Waals surface area contributed by atoms with E-state index >= 15 is 0 Å². The third-order valence-corrected chi connectivity index (χ3v) is 6.29. The number of hydrogen-bond acceptors (Lipinski definition) is 6. The molecule has 0 radical (unpaired) electrons. The van der Waals surface area contributed by atoms with Crippen molar-refractivity contribution in [3.63, 3.8) is 0 Å². The predicted octanol–water partition coefficient (Wildman–Crippen LogP) is 3.97. The van der Waals surface area contributed by atoms with Crippen LogP contribution in [0.4, 0.5) is 4.79 Å². The SMILES string of the molecule is CC(C)C[C@H](NC(=O)OC(C)(C)C)C(=O)NN(Cc1ccccc1)C(=O)/C=C/S(=O)(=O)c1ccccc1. The van der Waals surface area contributed by atoms with Gasteiger partial charge in [-0.15, -0.1) is 0 Å². The maximum Gasteiger partial charge on any atom is 0.408 e. The average Bonchev–Trinajstić information content (AvgIpc) is 2.81. The second-order valence-corrected chi connectivity index (χ2v) is 11.7. The Morgan fingerprint density at radius 1 is 0.973 bits per heavy atom. The van der Waals surface area contributed by atoms with Crippen LogP contribution in [0.5, 0.6) is 0 Å². The Hall–Kier alpha value is -3.66. The van der Waals surface area contributed by atoms with Crippen LogP contribution >= 0.6 is 0 Å². The molecule has 2 rings (SSSR count). The van der Waals surface area contributed by atoms with Gasteiger partial charge in [-0.25, -0.2) is 18.2 Å². The number of nitrogens with one attached hydrogen (secondary N) is 2. The fourth-order valence-electron chi connectivity index (χ4n) is 3.23. The summed E-state index contributed by atoms with van der Waals surface area (Å²) in [6.45, 7) is 8.88. The molecule has 3 amide bonds. The zero-order chi connectivity index (χ0) is 27.6. The molecule has 0 aromatic heterocycles. The molecule has 0 aliphatic heterocycles. The molecule has 0 saturated carbocycles. The van der Waals surface area contributed by atoms with Crippen LogP contribution in [0.15, 0.2) is 77.0 Å². The summed E-state index contributed by atoms with van der Waals surface area (Å²) >= 11 is 0. The first-order valence-corrected chi connectivity index (χ1v) is 13.4. The van der Waals surface area contributed by atoms with E-state index in [4.69, 9.17) is 4.74 Å². The number of hydrogen-bond donors (Lipinski definition) is 2. The van der Waals surface area contributed by atoms with Crippen LogP contribution in [-0.2, 0) is 30.7 Å². The molecule has 2 N–H and O–H groups in total. The van der Waals surface area contributed by atoms with Gasteiger partial charge < -0.3 is 10.1 Å². The molecule has 0 unspecified atom stereocenters. The average molecular weight is 530 g/mol. The van der Waals surface area contributed by atoms with Crippen molar-refractivity contribution >= 4 is 27.7 Å². The van der Waals surface area contributed by atoms with Crippen molar-refractivity contribution in [2.24, 2.45) is 5.92 Å². The molecule has 37 heavy (non-hydrogen) atoms. The minimum Gasteiger partial charge on any atom is -0.444 e. The number of carbonyl (C=O) groups excluding carboxylic acids is 3. The lowest BCUT2D eigenvalue weighted by molar-refractivity contribution is -0.139. The topological polar surface area (TPSA) is 122 Å². The molecule has 10 heteroatoms. The Bertz CT molecular complexity index is 1190. The van der Waals surface area contributed by atoms with E-state index in [1.807, 2.05) is 19.9 Å². The van der Waals surface area contributed by atoms with E-state index in [9.17, 15) is 22.8 Å². The number of sulfone groups is 1. The molecule has 0 bridgehead atoms. The van der Waals surface area contributed by atoms with Crippen molar-refractivity contribution in [1.82, 2.24) is 15.8 Å². The van der Waals surface area contributed by atoms with Gasteiger partial charge in [-0.2, -0.15) is 0 Å². The van der Waals surface area contributed by atoms with Gasteiger partial charge in [-0.3, -0.25) is 15.0 Å². The molecule has 0 heterocycles. The first-order valence-electron chi connectivity index (χ1n) is 11.9. The molecular weight excluding hydrogens is 494 g/mol. The van der Waals surface area contributed by atoms with Gasteiger partial charge in [0.25, 0.3) is 11.8 Å². The molecule has 2 aromatic carbocycles. The molecule has 1 atom stereocenters. The lowest BCUT2D eigenvalue weighted by Gasteiger charge is -2.27. The predicted molar refractivity (Wildman–Crippen MR) is 141 cm³/mol. The van der Waals surface area contributed by atoms with E-state index in [1.165, 1.54) is 12.1 Å². The van der Waals surface area contributed by atoms with Crippen LogP contribution in [0.2, 0.25) is 0 Å². The number of amides is 3. The van der Waals surface area contributed by atoms with Crippen molar-refractivity contribution in [3.8, 4) is 0 Å². The summed E-state index contributed by atoms with van der Waals surface area (Å²) in [6, 6.07) is 15.6. The first-order chi connectivity index (χ1) is 17.3. The Morgan fingerprint density at radius 2 is 1.54 bits per heavy atom. The monoisotopic (exact) mass is 529 g/mol. The molecule has 9 nitrogen and oxygen atoms in total. The maximum atomic E-state index is 13.2. The van der Waals surface area contributed by atoms with Gasteiger partial charge in [0.05, 0.1) is 11.4 Å². The van der Waals surface area contributed by atoms with Gasteiger partial charge in [0.15, 0.2) is 9.84 Å². The number of nitrogens with zero attached hydrogens (tertiary/aromatic N) is 1. The zero-order valence-corrected chi connectivity index (χ0v) is 22.6. The highest BCUT2D eigenvalue weighted by molar-refractivity contribution is 7.94. The Kier molecular flexibility index (Phi) is 10.4. The second kappa shape index (κ2) is 13.0. The van der Waals surface area contributed by atoms with E-state index in [-0.39, 0.29) is 23.8 Å². The largest absolute Gasteiger partial charge is 0.444 e.